The Bertz CT molecular complexity index is 377. The monoisotopic (exact) mass is 249 g/mol. The highest BCUT2D eigenvalue weighted by atomic mass is 15.3. The maximum Gasteiger partial charge on any atom is 0.0624 e. The second-order valence-electron chi connectivity index (χ2n) is 5.61. The number of aryl methyl sites for hydroxylation is 2. The van der Waals surface area contributed by atoms with Gasteiger partial charge in [0.1, 0.15) is 0 Å². The molecule has 3 heteroatoms. The van der Waals surface area contributed by atoms with E-state index in [0.29, 0.717) is 5.41 Å². The summed E-state index contributed by atoms with van der Waals surface area (Å²) in [6, 6.07) is 2.31. The van der Waals surface area contributed by atoms with Gasteiger partial charge in [-0.15, -0.1) is 0 Å². The Morgan fingerprint density at radius 1 is 1.33 bits per heavy atom. The van der Waals surface area contributed by atoms with E-state index in [4.69, 9.17) is 0 Å². The molecule has 0 aromatic carbocycles. The molecule has 2 rings (SSSR count). The largest absolute Gasteiger partial charge is 0.316 e. The Morgan fingerprint density at radius 2 is 2.11 bits per heavy atom. The molecule has 0 amide bonds. The number of rotatable bonds is 7. The van der Waals surface area contributed by atoms with Gasteiger partial charge in [-0.3, -0.25) is 4.68 Å². The number of aromatic nitrogens is 2. The molecule has 18 heavy (non-hydrogen) atoms. The molecule has 1 heterocycles. The average molecular weight is 249 g/mol. The van der Waals surface area contributed by atoms with Crippen LogP contribution in [0.3, 0.4) is 0 Å². The summed E-state index contributed by atoms with van der Waals surface area (Å²) in [4.78, 5) is 0. The lowest BCUT2D eigenvalue weighted by molar-refractivity contribution is 0.128. The first-order valence-electron chi connectivity index (χ1n) is 7.49. The molecule has 0 unspecified atom stereocenters. The van der Waals surface area contributed by atoms with Gasteiger partial charge in [0, 0.05) is 18.8 Å². The fourth-order valence-corrected chi connectivity index (χ4v) is 2.97. The van der Waals surface area contributed by atoms with Crippen LogP contribution in [0.2, 0.25) is 0 Å². The zero-order valence-corrected chi connectivity index (χ0v) is 12.1. The topological polar surface area (TPSA) is 29.9 Å². The molecule has 3 nitrogen and oxygen atoms in total. The zero-order valence-electron chi connectivity index (χ0n) is 12.1. The second-order valence-corrected chi connectivity index (χ2v) is 5.61. The van der Waals surface area contributed by atoms with Crippen molar-refractivity contribution in [1.82, 2.24) is 15.1 Å². The van der Waals surface area contributed by atoms with E-state index >= 15 is 0 Å². The minimum absolute atomic E-state index is 0.508. The summed E-state index contributed by atoms with van der Waals surface area (Å²) in [5.74, 6) is 0. The number of hydrogen-bond donors (Lipinski definition) is 1. The van der Waals surface area contributed by atoms with E-state index in [1.165, 1.54) is 43.6 Å². The lowest BCUT2D eigenvalue weighted by Gasteiger charge is -2.42. The molecule has 0 aliphatic heterocycles. The maximum atomic E-state index is 4.67. The lowest BCUT2D eigenvalue weighted by Crippen LogP contribution is -2.42. The molecule has 1 fully saturated rings. The highest BCUT2D eigenvalue weighted by molar-refractivity contribution is 5.14. The van der Waals surface area contributed by atoms with Crippen LogP contribution in [0.15, 0.2) is 6.07 Å². The summed E-state index contributed by atoms with van der Waals surface area (Å²) in [6.45, 7) is 9.80. The molecule has 1 aliphatic carbocycles. The van der Waals surface area contributed by atoms with Crippen LogP contribution in [0.1, 0.15) is 51.4 Å². The predicted molar refractivity (Wildman–Crippen MR) is 75.8 cm³/mol. The van der Waals surface area contributed by atoms with Crippen molar-refractivity contribution in [1.29, 1.82) is 0 Å². The minimum Gasteiger partial charge on any atom is -0.316 e. The van der Waals surface area contributed by atoms with E-state index in [0.717, 1.165) is 19.5 Å². The summed E-state index contributed by atoms with van der Waals surface area (Å²) in [5.41, 5.74) is 3.19. The fourth-order valence-electron chi connectivity index (χ4n) is 2.97. The molecular formula is C15H27N3. The Morgan fingerprint density at radius 3 is 2.61 bits per heavy atom. The molecule has 0 radical (unpaired) electrons. The fraction of sp³-hybridized carbons (Fsp3) is 0.800. The van der Waals surface area contributed by atoms with Crippen LogP contribution < -0.4 is 5.32 Å². The first kappa shape index (κ1) is 13.6. The van der Waals surface area contributed by atoms with E-state index in [2.05, 4.69) is 41.9 Å². The van der Waals surface area contributed by atoms with Crippen LogP contribution in [0, 0.1) is 5.41 Å². The highest BCUT2D eigenvalue weighted by Crippen LogP contribution is 2.43. The van der Waals surface area contributed by atoms with E-state index in [9.17, 15) is 0 Å². The number of nitrogens with zero attached hydrogens (tertiary/aromatic N) is 2. The van der Waals surface area contributed by atoms with Crippen LogP contribution in [0.4, 0.5) is 0 Å². The van der Waals surface area contributed by atoms with Gasteiger partial charge in [-0.25, -0.2) is 0 Å². The summed E-state index contributed by atoms with van der Waals surface area (Å²) in [5, 5.41) is 8.21. The Hall–Kier alpha value is -0.830. The predicted octanol–water partition coefficient (Wildman–Crippen LogP) is 2.79. The van der Waals surface area contributed by atoms with Crippen LogP contribution in [0.25, 0.3) is 0 Å². The zero-order chi connectivity index (χ0) is 13.0. The van der Waals surface area contributed by atoms with Crippen LogP contribution in [-0.4, -0.2) is 22.9 Å². The second kappa shape index (κ2) is 5.87. The molecule has 102 valence electrons. The first-order valence-corrected chi connectivity index (χ1v) is 7.49. The van der Waals surface area contributed by atoms with E-state index < -0.39 is 0 Å². The normalized spacial score (nSPS) is 17.7. The van der Waals surface area contributed by atoms with Crippen molar-refractivity contribution in [2.24, 2.45) is 5.41 Å². The van der Waals surface area contributed by atoms with Crippen LogP contribution >= 0.6 is 0 Å². The van der Waals surface area contributed by atoms with Crippen molar-refractivity contribution in [3.8, 4) is 0 Å². The number of nitrogens with one attached hydrogen (secondary N) is 1. The highest BCUT2D eigenvalue weighted by Gasteiger charge is 2.37. The van der Waals surface area contributed by atoms with E-state index in [-0.39, 0.29) is 0 Å². The first-order chi connectivity index (χ1) is 8.73. The summed E-state index contributed by atoms with van der Waals surface area (Å²) in [6.07, 6.45) is 6.38. The van der Waals surface area contributed by atoms with Crippen molar-refractivity contribution < 1.29 is 0 Å². The molecule has 0 bridgehead atoms. The van der Waals surface area contributed by atoms with Gasteiger partial charge >= 0.3 is 0 Å². The Labute approximate surface area is 111 Å². The van der Waals surface area contributed by atoms with Gasteiger partial charge in [0.2, 0.25) is 0 Å². The van der Waals surface area contributed by atoms with Gasteiger partial charge in [-0.05, 0) is 50.6 Å². The molecule has 0 spiro atoms. The van der Waals surface area contributed by atoms with Crippen molar-refractivity contribution in [2.75, 3.05) is 13.1 Å². The minimum atomic E-state index is 0.508. The SMILES string of the molecule is CCNCC1(Cc2cc(CC)nn2CC)CCC1. The molecule has 1 aromatic rings. The van der Waals surface area contributed by atoms with Gasteiger partial charge in [0.15, 0.2) is 0 Å². The van der Waals surface area contributed by atoms with Gasteiger partial charge in [0.05, 0.1) is 5.69 Å². The number of hydrogen-bond acceptors (Lipinski definition) is 2. The molecule has 1 N–H and O–H groups in total. The van der Waals surface area contributed by atoms with Gasteiger partial charge in [0.25, 0.3) is 0 Å². The van der Waals surface area contributed by atoms with Crippen molar-refractivity contribution in [3.63, 3.8) is 0 Å². The third-order valence-electron chi connectivity index (χ3n) is 4.30. The van der Waals surface area contributed by atoms with Gasteiger partial charge < -0.3 is 5.32 Å². The van der Waals surface area contributed by atoms with Crippen molar-refractivity contribution in [2.45, 2.75) is 59.4 Å². The van der Waals surface area contributed by atoms with Crippen molar-refractivity contribution in [3.05, 3.63) is 17.5 Å². The maximum absolute atomic E-state index is 4.67. The van der Waals surface area contributed by atoms with E-state index in [1.54, 1.807) is 0 Å². The lowest BCUT2D eigenvalue weighted by atomic mass is 9.66. The van der Waals surface area contributed by atoms with Crippen LogP contribution in [0.5, 0.6) is 0 Å². The molecule has 0 atom stereocenters. The summed E-state index contributed by atoms with van der Waals surface area (Å²) in [7, 11) is 0. The average Bonchev–Trinajstić information content (AvgIpc) is 2.74. The molecular weight excluding hydrogens is 222 g/mol. The molecule has 1 aliphatic rings. The summed E-state index contributed by atoms with van der Waals surface area (Å²) < 4.78 is 2.20. The standard InChI is InChI=1S/C15H27N3/c1-4-13-10-14(18(6-3)17-13)11-15(8-7-9-15)12-16-5-2/h10,16H,4-9,11-12H2,1-3H3. The quantitative estimate of drug-likeness (QED) is 0.805. The molecule has 1 aromatic heterocycles. The Balaban J connectivity index is 2.08. The molecule has 0 saturated heterocycles. The summed E-state index contributed by atoms with van der Waals surface area (Å²) >= 11 is 0. The Kier molecular flexibility index (Phi) is 4.44. The third kappa shape index (κ3) is 2.77. The van der Waals surface area contributed by atoms with E-state index in [1.807, 2.05) is 0 Å². The van der Waals surface area contributed by atoms with Gasteiger partial charge in [-0.2, -0.15) is 5.10 Å². The van der Waals surface area contributed by atoms with Crippen LogP contribution in [-0.2, 0) is 19.4 Å². The molecule has 1 saturated carbocycles. The smallest absolute Gasteiger partial charge is 0.0624 e. The van der Waals surface area contributed by atoms with Crippen molar-refractivity contribution >= 4 is 0 Å². The third-order valence-corrected chi connectivity index (χ3v) is 4.30. The van der Waals surface area contributed by atoms with Gasteiger partial charge in [-0.1, -0.05) is 20.3 Å².